The van der Waals surface area contributed by atoms with Crippen LogP contribution in [0.25, 0.3) is 0 Å². The van der Waals surface area contributed by atoms with Crippen LogP contribution in [0.5, 0.6) is 0 Å². The first-order chi connectivity index (χ1) is 11.8. The van der Waals surface area contributed by atoms with Crippen LogP contribution in [0.1, 0.15) is 23.2 Å². The number of hydrogen-bond acceptors (Lipinski definition) is 4. The van der Waals surface area contributed by atoms with Gasteiger partial charge < -0.3 is 4.90 Å². The topological polar surface area (TPSA) is 60.9 Å². The summed E-state index contributed by atoms with van der Waals surface area (Å²) in [5.41, 5.74) is 0.673. The van der Waals surface area contributed by atoms with E-state index in [9.17, 15) is 13.2 Å². The fourth-order valence-corrected chi connectivity index (χ4v) is 5.24. The maximum absolute atomic E-state index is 13.0. The maximum atomic E-state index is 13.0. The Morgan fingerprint density at radius 3 is 2.40 bits per heavy atom. The molecule has 25 heavy (non-hydrogen) atoms. The molecule has 1 aromatic carbocycles. The highest BCUT2D eigenvalue weighted by molar-refractivity contribution is 7.98. The van der Waals surface area contributed by atoms with E-state index in [-0.39, 0.29) is 17.9 Å². The highest BCUT2D eigenvalue weighted by Crippen LogP contribution is 2.31. The molecule has 1 aromatic rings. The Balaban J connectivity index is 1.81. The molecule has 0 aliphatic carbocycles. The predicted molar refractivity (Wildman–Crippen MR) is 100.0 cm³/mol. The van der Waals surface area contributed by atoms with Crippen LogP contribution in [-0.4, -0.2) is 73.9 Å². The van der Waals surface area contributed by atoms with Crippen LogP contribution in [0.3, 0.4) is 0 Å². The smallest absolute Gasteiger partial charge is 0.281 e. The SMILES string of the molecule is CSc1ccc(C(=O)N2C[C@H]3CC[C@@H]2CN(S(=O)(=O)N(C)C)C3)cc1. The molecule has 6 nitrogen and oxygen atoms in total. The molecule has 0 radical (unpaired) electrons. The van der Waals surface area contributed by atoms with Gasteiger partial charge in [-0.25, -0.2) is 0 Å². The fraction of sp³-hybridized carbons (Fsp3) is 0.588. The van der Waals surface area contributed by atoms with Crippen molar-refractivity contribution >= 4 is 27.9 Å². The molecule has 0 N–H and O–H groups in total. The number of amides is 1. The Morgan fingerprint density at radius 2 is 1.80 bits per heavy atom. The zero-order valence-corrected chi connectivity index (χ0v) is 16.5. The molecule has 2 atom stereocenters. The molecule has 2 bridgehead atoms. The molecule has 3 aliphatic rings. The molecule has 3 heterocycles. The van der Waals surface area contributed by atoms with E-state index in [4.69, 9.17) is 0 Å². The molecule has 138 valence electrons. The van der Waals surface area contributed by atoms with Crippen molar-refractivity contribution in [3.05, 3.63) is 29.8 Å². The number of nitrogens with zero attached hydrogens (tertiary/aromatic N) is 3. The first-order valence-corrected chi connectivity index (χ1v) is 11.1. The summed E-state index contributed by atoms with van der Waals surface area (Å²) in [7, 11) is -0.338. The minimum Gasteiger partial charge on any atom is -0.334 e. The third-order valence-corrected chi connectivity index (χ3v) is 7.68. The van der Waals surface area contributed by atoms with Gasteiger partial charge in [-0.15, -0.1) is 11.8 Å². The lowest BCUT2D eigenvalue weighted by Gasteiger charge is -2.36. The average molecular weight is 384 g/mol. The van der Waals surface area contributed by atoms with Crippen molar-refractivity contribution in [2.24, 2.45) is 5.92 Å². The van der Waals surface area contributed by atoms with Crippen LogP contribution in [0.2, 0.25) is 0 Å². The van der Waals surface area contributed by atoms with E-state index >= 15 is 0 Å². The summed E-state index contributed by atoms with van der Waals surface area (Å²) in [4.78, 5) is 16.0. The molecule has 3 fully saturated rings. The van der Waals surface area contributed by atoms with Crippen LogP contribution in [0.15, 0.2) is 29.2 Å². The minimum atomic E-state index is -3.45. The van der Waals surface area contributed by atoms with E-state index in [2.05, 4.69) is 0 Å². The largest absolute Gasteiger partial charge is 0.334 e. The van der Waals surface area contributed by atoms with Crippen molar-refractivity contribution in [3.8, 4) is 0 Å². The summed E-state index contributed by atoms with van der Waals surface area (Å²) in [5, 5.41) is 0. The molecule has 4 rings (SSSR count). The second kappa shape index (κ2) is 7.26. The number of piperidine rings is 1. The van der Waals surface area contributed by atoms with Gasteiger partial charge in [-0.3, -0.25) is 4.79 Å². The second-order valence-electron chi connectivity index (χ2n) is 6.89. The van der Waals surface area contributed by atoms with Gasteiger partial charge >= 0.3 is 0 Å². The van der Waals surface area contributed by atoms with Crippen LogP contribution in [0.4, 0.5) is 0 Å². The van der Waals surface area contributed by atoms with Gasteiger partial charge in [0, 0.05) is 50.2 Å². The summed E-state index contributed by atoms with van der Waals surface area (Å²) in [6, 6.07) is 7.58. The summed E-state index contributed by atoms with van der Waals surface area (Å²) >= 11 is 1.64. The van der Waals surface area contributed by atoms with Crippen LogP contribution in [-0.2, 0) is 10.2 Å². The normalized spacial score (nSPS) is 24.6. The van der Waals surface area contributed by atoms with Gasteiger partial charge in [-0.05, 0) is 49.3 Å². The van der Waals surface area contributed by atoms with Gasteiger partial charge in [-0.2, -0.15) is 17.0 Å². The van der Waals surface area contributed by atoms with Gasteiger partial charge in [0.25, 0.3) is 16.1 Å². The zero-order chi connectivity index (χ0) is 18.2. The minimum absolute atomic E-state index is 0.00598. The maximum Gasteiger partial charge on any atom is 0.281 e. The Hall–Kier alpha value is -1.09. The second-order valence-corrected chi connectivity index (χ2v) is 9.91. The van der Waals surface area contributed by atoms with Crippen molar-refractivity contribution in [2.45, 2.75) is 23.8 Å². The number of rotatable bonds is 4. The highest BCUT2D eigenvalue weighted by atomic mass is 32.2. The molecular weight excluding hydrogens is 358 g/mol. The Kier molecular flexibility index (Phi) is 5.43. The standard InChI is InChI=1S/C17H25N3O3S2/c1-18(2)25(22,23)19-10-13-4-7-15(12-19)20(11-13)17(21)14-5-8-16(24-3)9-6-14/h5-6,8-9,13,15H,4,7,10-12H2,1-3H3/t13-,15+/m0/s1. The van der Waals surface area contributed by atoms with Crippen molar-refractivity contribution in [2.75, 3.05) is 40.0 Å². The number of fused-ring (bicyclic) bond motifs is 4. The van der Waals surface area contributed by atoms with Crippen molar-refractivity contribution in [3.63, 3.8) is 0 Å². The Bertz CT molecular complexity index is 734. The molecule has 8 heteroatoms. The third-order valence-electron chi connectivity index (χ3n) is 5.07. The third kappa shape index (κ3) is 3.72. The number of thioether (sulfide) groups is 1. The molecule has 0 spiro atoms. The van der Waals surface area contributed by atoms with Crippen molar-refractivity contribution in [1.82, 2.24) is 13.5 Å². The average Bonchev–Trinajstić information content (AvgIpc) is 2.93. The van der Waals surface area contributed by atoms with E-state index in [0.29, 0.717) is 25.2 Å². The molecule has 0 saturated carbocycles. The number of hydrogen-bond donors (Lipinski definition) is 0. The molecule has 3 aliphatic heterocycles. The zero-order valence-electron chi connectivity index (χ0n) is 14.9. The molecule has 0 aromatic heterocycles. The monoisotopic (exact) mass is 383 g/mol. The molecule has 1 amide bonds. The van der Waals surface area contributed by atoms with Crippen LogP contribution >= 0.6 is 11.8 Å². The number of benzene rings is 1. The fourth-order valence-electron chi connectivity index (χ4n) is 3.61. The lowest BCUT2D eigenvalue weighted by molar-refractivity contribution is 0.0588. The highest BCUT2D eigenvalue weighted by Gasteiger charge is 2.41. The summed E-state index contributed by atoms with van der Waals surface area (Å²) in [6.07, 6.45) is 3.84. The van der Waals surface area contributed by atoms with Gasteiger partial charge in [0.1, 0.15) is 0 Å². The van der Waals surface area contributed by atoms with E-state index < -0.39 is 10.2 Å². The molecule has 3 saturated heterocycles. The van der Waals surface area contributed by atoms with Crippen LogP contribution < -0.4 is 0 Å². The van der Waals surface area contributed by atoms with Gasteiger partial charge in [0.15, 0.2) is 0 Å². The molecular formula is C17H25N3O3S2. The quantitative estimate of drug-likeness (QED) is 0.743. The van der Waals surface area contributed by atoms with Crippen molar-refractivity contribution < 1.29 is 13.2 Å². The van der Waals surface area contributed by atoms with Gasteiger partial charge in [-0.1, -0.05) is 0 Å². The lowest BCUT2D eigenvalue weighted by atomic mass is 9.94. The van der Waals surface area contributed by atoms with Gasteiger partial charge in [0.05, 0.1) is 0 Å². The van der Waals surface area contributed by atoms with Crippen LogP contribution in [0, 0.1) is 5.92 Å². The van der Waals surface area contributed by atoms with E-state index in [0.717, 1.165) is 17.7 Å². The summed E-state index contributed by atoms with van der Waals surface area (Å²) in [6.45, 7) is 1.51. The number of carbonyl (C=O) groups is 1. The van der Waals surface area contributed by atoms with E-state index in [1.54, 1.807) is 30.2 Å². The predicted octanol–water partition coefficient (Wildman–Crippen LogP) is 1.75. The first kappa shape index (κ1) is 18.7. The Labute approximate surface area is 154 Å². The molecule has 0 unspecified atom stereocenters. The first-order valence-electron chi connectivity index (χ1n) is 8.45. The van der Waals surface area contributed by atoms with E-state index in [1.807, 2.05) is 35.4 Å². The summed E-state index contributed by atoms with van der Waals surface area (Å²) in [5.74, 6) is 0.203. The lowest BCUT2D eigenvalue weighted by Crippen LogP contribution is -2.48. The van der Waals surface area contributed by atoms with E-state index in [1.165, 1.54) is 4.31 Å². The van der Waals surface area contributed by atoms with Gasteiger partial charge in [0.2, 0.25) is 0 Å². The van der Waals surface area contributed by atoms with Crippen molar-refractivity contribution in [1.29, 1.82) is 0 Å². The summed E-state index contributed by atoms with van der Waals surface area (Å²) < 4.78 is 27.8. The Morgan fingerprint density at radius 1 is 1.12 bits per heavy atom. The number of carbonyl (C=O) groups excluding carboxylic acids is 1.